The number of ether oxygens (including phenoxy) is 1. The quantitative estimate of drug-likeness (QED) is 0.715. The van der Waals surface area contributed by atoms with Gasteiger partial charge in [-0.15, -0.1) is 5.10 Å². The third kappa shape index (κ3) is 3.32. The van der Waals surface area contributed by atoms with Crippen LogP contribution in [0.1, 0.15) is 16.8 Å². The molecule has 1 fully saturated rings. The average Bonchev–Trinajstić information content (AvgIpc) is 3.34. The highest BCUT2D eigenvalue weighted by Crippen LogP contribution is 2.20. The highest BCUT2D eigenvalue weighted by molar-refractivity contribution is 5.95. The molecular weight excluding hydrogens is 320 g/mol. The topological polar surface area (TPSA) is 86.0 Å². The number of carbonyl (C=O) groups excluding carboxylic acids is 1. The number of nitrogens with zero attached hydrogens (tertiary/aromatic N) is 6. The Hall–Kier alpha value is -3.29. The Bertz CT molecular complexity index is 853. The van der Waals surface area contributed by atoms with Crippen LogP contribution in [0.2, 0.25) is 0 Å². The summed E-state index contributed by atoms with van der Waals surface area (Å²) in [7, 11) is 0. The van der Waals surface area contributed by atoms with Gasteiger partial charge in [0.15, 0.2) is 0 Å². The smallest absolute Gasteiger partial charge is 0.254 e. The maximum absolute atomic E-state index is 12.8. The molecule has 0 N–H and O–H groups in total. The first-order valence-corrected chi connectivity index (χ1v) is 7.99. The molecule has 3 aromatic rings. The minimum Gasteiger partial charge on any atom is -0.488 e. The van der Waals surface area contributed by atoms with Crippen LogP contribution < -0.4 is 4.74 Å². The summed E-state index contributed by atoms with van der Waals surface area (Å²) in [4.78, 5) is 18.5. The predicted octanol–water partition coefficient (Wildman–Crippen LogP) is 1.35. The maximum Gasteiger partial charge on any atom is 0.254 e. The zero-order valence-corrected chi connectivity index (χ0v) is 13.4. The Kier molecular flexibility index (Phi) is 4.07. The molecule has 1 aliphatic heterocycles. The van der Waals surface area contributed by atoms with E-state index < -0.39 is 0 Å². The molecule has 126 valence electrons. The van der Waals surface area contributed by atoms with Crippen molar-refractivity contribution in [1.82, 2.24) is 30.1 Å². The van der Waals surface area contributed by atoms with Crippen molar-refractivity contribution >= 4 is 5.91 Å². The van der Waals surface area contributed by atoms with E-state index in [1.54, 1.807) is 24.5 Å². The largest absolute Gasteiger partial charge is 0.488 e. The Morgan fingerprint density at radius 3 is 2.88 bits per heavy atom. The summed E-state index contributed by atoms with van der Waals surface area (Å²) in [5.41, 5.74) is 1.36. The van der Waals surface area contributed by atoms with E-state index in [4.69, 9.17) is 4.74 Å². The lowest BCUT2D eigenvalue weighted by atomic mass is 10.2. The summed E-state index contributed by atoms with van der Waals surface area (Å²) in [6.07, 6.45) is 5.68. The second kappa shape index (κ2) is 6.68. The van der Waals surface area contributed by atoms with E-state index in [1.807, 2.05) is 29.2 Å². The van der Waals surface area contributed by atoms with Gasteiger partial charge in [-0.2, -0.15) is 0 Å². The number of carbonyl (C=O) groups is 1. The van der Waals surface area contributed by atoms with E-state index in [2.05, 4.69) is 20.5 Å². The molecule has 25 heavy (non-hydrogen) atoms. The lowest BCUT2D eigenvalue weighted by Gasteiger charge is -2.17. The third-order valence-corrected chi connectivity index (χ3v) is 4.09. The van der Waals surface area contributed by atoms with Crippen LogP contribution in [0.25, 0.3) is 5.69 Å². The molecule has 1 aromatic carbocycles. The van der Waals surface area contributed by atoms with E-state index in [1.165, 1.54) is 11.0 Å². The van der Waals surface area contributed by atoms with Crippen LogP contribution in [0.3, 0.4) is 0 Å². The van der Waals surface area contributed by atoms with Gasteiger partial charge in [-0.05, 0) is 40.8 Å². The number of hydrogen-bond acceptors (Lipinski definition) is 6. The van der Waals surface area contributed by atoms with Gasteiger partial charge in [-0.3, -0.25) is 9.78 Å². The molecule has 2 aromatic heterocycles. The van der Waals surface area contributed by atoms with Gasteiger partial charge < -0.3 is 9.64 Å². The van der Waals surface area contributed by atoms with Crippen LogP contribution >= 0.6 is 0 Å². The van der Waals surface area contributed by atoms with E-state index in [-0.39, 0.29) is 12.0 Å². The predicted molar refractivity (Wildman–Crippen MR) is 88.3 cm³/mol. The van der Waals surface area contributed by atoms with Crippen molar-refractivity contribution in [2.75, 3.05) is 13.1 Å². The van der Waals surface area contributed by atoms with Crippen molar-refractivity contribution in [3.63, 3.8) is 0 Å². The molecule has 0 bridgehead atoms. The number of rotatable bonds is 4. The number of aromatic nitrogens is 5. The highest BCUT2D eigenvalue weighted by Gasteiger charge is 2.28. The fourth-order valence-electron chi connectivity index (χ4n) is 2.86. The van der Waals surface area contributed by atoms with Crippen LogP contribution in [0.15, 0.2) is 55.1 Å². The molecular formula is C17H16N6O2. The fraction of sp³-hybridized carbons (Fsp3) is 0.235. The number of amides is 1. The molecule has 1 aliphatic rings. The van der Waals surface area contributed by atoms with Gasteiger partial charge in [-0.25, -0.2) is 4.68 Å². The second-order valence-corrected chi connectivity index (χ2v) is 5.77. The average molecular weight is 336 g/mol. The third-order valence-electron chi connectivity index (χ3n) is 4.09. The van der Waals surface area contributed by atoms with Crippen LogP contribution in [0, 0.1) is 0 Å². The van der Waals surface area contributed by atoms with Crippen molar-refractivity contribution < 1.29 is 9.53 Å². The van der Waals surface area contributed by atoms with Gasteiger partial charge >= 0.3 is 0 Å². The number of benzene rings is 1. The number of pyridine rings is 1. The van der Waals surface area contributed by atoms with Crippen molar-refractivity contribution in [2.24, 2.45) is 0 Å². The number of hydrogen-bond donors (Lipinski definition) is 0. The van der Waals surface area contributed by atoms with Crippen LogP contribution in [0.4, 0.5) is 0 Å². The minimum atomic E-state index is -0.0178. The van der Waals surface area contributed by atoms with Crippen molar-refractivity contribution in [3.05, 3.63) is 60.7 Å². The fourth-order valence-corrected chi connectivity index (χ4v) is 2.86. The SMILES string of the molecule is O=C(c1cccc(-n2cnnn2)c1)N1CC[C@H](Oc2ccncc2)C1. The molecule has 8 nitrogen and oxygen atoms in total. The standard InChI is InChI=1S/C17H16N6O2/c24-17(13-2-1-3-14(10-13)23-12-19-20-21-23)22-9-6-16(11-22)25-15-4-7-18-8-5-15/h1-5,7-8,10,12,16H,6,9,11H2/t16-/m0/s1. The maximum atomic E-state index is 12.8. The normalized spacial score (nSPS) is 16.8. The summed E-state index contributed by atoms with van der Waals surface area (Å²) < 4.78 is 7.43. The van der Waals surface area contributed by atoms with Crippen LogP contribution in [0.5, 0.6) is 5.75 Å². The van der Waals surface area contributed by atoms with E-state index in [9.17, 15) is 4.79 Å². The molecule has 0 unspecified atom stereocenters. The zero-order chi connectivity index (χ0) is 17.1. The van der Waals surface area contributed by atoms with Crippen LogP contribution in [-0.2, 0) is 0 Å². The molecule has 1 amide bonds. The lowest BCUT2D eigenvalue weighted by Crippen LogP contribution is -2.31. The summed E-state index contributed by atoms with van der Waals surface area (Å²) in [6.45, 7) is 1.24. The van der Waals surface area contributed by atoms with Gasteiger partial charge in [0, 0.05) is 30.9 Å². The molecule has 1 saturated heterocycles. The van der Waals surface area contributed by atoms with E-state index in [0.717, 1.165) is 17.9 Å². The molecule has 0 spiro atoms. The monoisotopic (exact) mass is 336 g/mol. The summed E-state index contributed by atoms with van der Waals surface area (Å²) >= 11 is 0. The van der Waals surface area contributed by atoms with Gasteiger partial charge in [0.25, 0.3) is 5.91 Å². The highest BCUT2D eigenvalue weighted by atomic mass is 16.5. The van der Waals surface area contributed by atoms with Gasteiger partial charge in [0.05, 0.1) is 12.2 Å². The number of likely N-dealkylation sites (tertiary alicyclic amines) is 1. The molecule has 8 heteroatoms. The molecule has 0 aliphatic carbocycles. The number of tetrazole rings is 1. The molecule has 4 rings (SSSR count). The second-order valence-electron chi connectivity index (χ2n) is 5.77. The first kappa shape index (κ1) is 15.3. The summed E-state index contributed by atoms with van der Waals surface area (Å²) in [5.74, 6) is 0.755. The van der Waals surface area contributed by atoms with Crippen LogP contribution in [-0.4, -0.2) is 55.2 Å². The Labute approximate surface area is 144 Å². The van der Waals surface area contributed by atoms with Crippen molar-refractivity contribution in [3.8, 4) is 11.4 Å². The van der Waals surface area contributed by atoms with Gasteiger partial charge in [0.1, 0.15) is 18.2 Å². The first-order valence-electron chi connectivity index (χ1n) is 7.99. The summed E-state index contributed by atoms with van der Waals surface area (Å²) in [5, 5.41) is 11.1. The Morgan fingerprint density at radius 2 is 2.08 bits per heavy atom. The van der Waals surface area contributed by atoms with E-state index >= 15 is 0 Å². The summed E-state index contributed by atoms with van der Waals surface area (Å²) in [6, 6.07) is 10.9. The molecule has 3 heterocycles. The zero-order valence-electron chi connectivity index (χ0n) is 13.4. The molecule has 1 atom stereocenters. The minimum absolute atomic E-state index is 0.00551. The van der Waals surface area contributed by atoms with Crippen molar-refractivity contribution in [2.45, 2.75) is 12.5 Å². The Morgan fingerprint density at radius 1 is 1.20 bits per heavy atom. The van der Waals surface area contributed by atoms with Gasteiger partial charge in [0.2, 0.25) is 0 Å². The molecule has 0 radical (unpaired) electrons. The first-order chi connectivity index (χ1) is 12.3. The van der Waals surface area contributed by atoms with Crippen molar-refractivity contribution in [1.29, 1.82) is 0 Å². The Balaban J connectivity index is 1.44. The van der Waals surface area contributed by atoms with E-state index in [0.29, 0.717) is 18.7 Å². The lowest BCUT2D eigenvalue weighted by molar-refractivity contribution is 0.0772. The molecule has 0 saturated carbocycles. The van der Waals surface area contributed by atoms with Gasteiger partial charge in [-0.1, -0.05) is 6.07 Å².